The van der Waals surface area contributed by atoms with Gasteiger partial charge in [-0.15, -0.1) is 0 Å². The first-order chi connectivity index (χ1) is 12.2. The van der Waals surface area contributed by atoms with Gasteiger partial charge in [0.2, 0.25) is 0 Å². The summed E-state index contributed by atoms with van der Waals surface area (Å²) in [5.41, 5.74) is -0.839. The molecule has 14 nitrogen and oxygen atoms in total. The van der Waals surface area contributed by atoms with Crippen molar-refractivity contribution in [2.24, 2.45) is 0 Å². The predicted octanol–water partition coefficient (Wildman–Crippen LogP) is 0.832. The first-order valence-electron chi connectivity index (χ1n) is 6.61. The third-order valence-corrected chi connectivity index (χ3v) is 6.88. The van der Waals surface area contributed by atoms with Crippen LogP contribution in [0.4, 0.5) is 4.39 Å². The number of nitrogens with one attached hydrogen (secondary N) is 1. The highest BCUT2D eigenvalue weighted by Gasteiger charge is 2.45. The van der Waals surface area contributed by atoms with Gasteiger partial charge in [0.1, 0.15) is 4.64 Å². The van der Waals surface area contributed by atoms with E-state index in [1.165, 1.54) is 6.07 Å². The van der Waals surface area contributed by atoms with Gasteiger partial charge in [0.15, 0.2) is 18.7 Å². The highest BCUT2D eigenvalue weighted by atomic mass is 32.1. The fourth-order valence-electron chi connectivity index (χ4n) is 1.98. The molecule has 0 spiro atoms. The Labute approximate surface area is 154 Å². The second-order valence-corrected chi connectivity index (χ2v) is 9.73. The van der Waals surface area contributed by atoms with Crippen molar-refractivity contribution in [3.63, 3.8) is 0 Å². The number of phosphoric acid groups is 3. The van der Waals surface area contributed by atoms with Crippen LogP contribution in [0, 0.1) is 4.64 Å². The molecule has 0 amide bonds. The number of H-pyrrole nitrogens is 1. The summed E-state index contributed by atoms with van der Waals surface area (Å²) in [5.74, 6) is 0. The zero-order valence-corrected chi connectivity index (χ0v) is 16.2. The van der Waals surface area contributed by atoms with Crippen LogP contribution in [0.3, 0.4) is 0 Å². The smallest absolute Gasteiger partial charge is 0.325 e. The molecule has 19 heteroatoms. The van der Waals surface area contributed by atoms with Gasteiger partial charge in [-0.25, -0.2) is 22.9 Å². The van der Waals surface area contributed by atoms with E-state index in [0.717, 1.165) is 10.8 Å². The molecule has 2 unspecified atom stereocenters. The minimum Gasteiger partial charge on any atom is -0.325 e. The summed E-state index contributed by atoms with van der Waals surface area (Å²) in [5, 5.41) is 0. The van der Waals surface area contributed by atoms with Crippen molar-refractivity contribution in [2.45, 2.75) is 25.1 Å². The van der Waals surface area contributed by atoms with E-state index in [2.05, 4.69) is 18.1 Å². The first-order valence-corrected chi connectivity index (χ1v) is 11.5. The number of alkyl halides is 1. The Morgan fingerprint density at radius 2 is 1.85 bits per heavy atom. The van der Waals surface area contributed by atoms with Gasteiger partial charge in [0.25, 0.3) is 0 Å². The SMILES string of the molecule is O=c1[nH]c(=S)ccn1[C@@H]1O[C@H](OP(=O)(O)OP(=O)(O)OP(=O)(O)O)C[C@@H]1F. The molecule has 1 aromatic heterocycles. The van der Waals surface area contributed by atoms with Crippen LogP contribution in [-0.4, -0.2) is 41.6 Å². The monoisotopic (exact) mass is 472 g/mol. The average Bonchev–Trinajstić information content (AvgIpc) is 2.73. The Morgan fingerprint density at radius 1 is 1.22 bits per heavy atom. The second kappa shape index (κ2) is 8.03. The molecule has 1 aliphatic heterocycles. The zero-order chi connectivity index (χ0) is 20.6. The number of hydrogen-bond donors (Lipinski definition) is 5. The van der Waals surface area contributed by atoms with Gasteiger partial charge in [-0.3, -0.25) is 14.1 Å². The van der Waals surface area contributed by atoms with Gasteiger partial charge in [-0.2, -0.15) is 8.62 Å². The molecule has 1 aliphatic rings. The maximum Gasteiger partial charge on any atom is 0.490 e. The summed E-state index contributed by atoms with van der Waals surface area (Å²) >= 11 is 4.71. The molecule has 1 aromatic rings. The summed E-state index contributed by atoms with van der Waals surface area (Å²) < 4.78 is 64.7. The predicted molar refractivity (Wildman–Crippen MR) is 84.3 cm³/mol. The third kappa shape index (κ3) is 6.75. The van der Waals surface area contributed by atoms with Crippen molar-refractivity contribution >= 4 is 35.7 Å². The second-order valence-electron chi connectivity index (χ2n) is 4.92. The summed E-state index contributed by atoms with van der Waals surface area (Å²) in [6, 6.07) is 1.25. The Balaban J connectivity index is 2.08. The normalized spacial score (nSPS) is 27.8. The van der Waals surface area contributed by atoms with E-state index in [0.29, 0.717) is 0 Å². The van der Waals surface area contributed by atoms with Crippen LogP contribution in [0.2, 0.25) is 0 Å². The van der Waals surface area contributed by atoms with Gasteiger partial charge in [0, 0.05) is 12.6 Å². The van der Waals surface area contributed by atoms with E-state index in [1.54, 1.807) is 0 Å². The van der Waals surface area contributed by atoms with E-state index < -0.39 is 54.3 Å². The topological polar surface area (TPSA) is 207 Å². The van der Waals surface area contributed by atoms with Crippen LogP contribution >= 0.6 is 35.7 Å². The van der Waals surface area contributed by atoms with Gasteiger partial charge in [-0.1, -0.05) is 12.2 Å². The molecule has 0 saturated carbocycles. The molecule has 0 aromatic carbocycles. The Kier molecular flexibility index (Phi) is 6.75. The molecule has 5 N–H and O–H groups in total. The Hall–Kier alpha value is -0.600. The van der Waals surface area contributed by atoms with Gasteiger partial charge in [-0.05, 0) is 6.07 Å². The van der Waals surface area contributed by atoms with Crippen molar-refractivity contribution in [2.75, 3.05) is 0 Å². The van der Waals surface area contributed by atoms with E-state index >= 15 is 0 Å². The number of rotatable bonds is 7. The van der Waals surface area contributed by atoms with Crippen molar-refractivity contribution in [1.29, 1.82) is 0 Å². The lowest BCUT2D eigenvalue weighted by molar-refractivity contribution is -0.112. The van der Waals surface area contributed by atoms with Crippen molar-refractivity contribution in [3.05, 3.63) is 27.4 Å². The van der Waals surface area contributed by atoms with Crippen LogP contribution in [-0.2, 0) is 31.6 Å². The van der Waals surface area contributed by atoms with Crippen LogP contribution < -0.4 is 5.69 Å². The lowest BCUT2D eigenvalue weighted by atomic mass is 10.3. The minimum absolute atomic E-state index is 0.0643. The van der Waals surface area contributed by atoms with E-state index in [-0.39, 0.29) is 4.64 Å². The molecule has 5 atom stereocenters. The average molecular weight is 472 g/mol. The zero-order valence-electron chi connectivity index (χ0n) is 12.7. The molecule has 1 fully saturated rings. The van der Waals surface area contributed by atoms with Gasteiger partial charge in [0.05, 0.1) is 0 Å². The molecule has 2 heterocycles. The fourth-order valence-corrected chi connectivity index (χ4v) is 5.22. The van der Waals surface area contributed by atoms with Crippen LogP contribution in [0.5, 0.6) is 0 Å². The standard InChI is InChI=1S/C8H12FN2O12P3S/c9-4-3-6(20-7(4)11-2-1-5(27)10-8(11)12)21-25(16,17)23-26(18,19)22-24(13,14)15/h1-2,4,6-7H,3H2,(H,16,17)(H,18,19)(H,10,12,27)(H2,13,14,15)/t4-,6+,7+/m0/s1. The van der Waals surface area contributed by atoms with Gasteiger partial charge < -0.3 is 24.3 Å². The minimum atomic E-state index is -5.72. The molecule has 2 rings (SSSR count). The lowest BCUT2D eigenvalue weighted by Crippen LogP contribution is -2.30. The number of halogens is 1. The molecular formula is C8H12FN2O12P3S. The molecular weight excluding hydrogens is 460 g/mol. The van der Waals surface area contributed by atoms with Crippen molar-refractivity contribution in [1.82, 2.24) is 9.55 Å². The van der Waals surface area contributed by atoms with E-state index in [9.17, 15) is 27.8 Å². The summed E-state index contributed by atoms with van der Waals surface area (Å²) in [6.45, 7) is 0. The first kappa shape index (κ1) is 22.7. The van der Waals surface area contributed by atoms with E-state index in [1.807, 2.05) is 0 Å². The van der Waals surface area contributed by atoms with E-state index in [4.69, 9.17) is 31.6 Å². The molecule has 0 radical (unpaired) electrons. The van der Waals surface area contributed by atoms with Crippen LogP contribution in [0.15, 0.2) is 17.1 Å². The maximum atomic E-state index is 14.1. The van der Waals surface area contributed by atoms with Crippen LogP contribution in [0.25, 0.3) is 0 Å². The number of phosphoric ester groups is 1. The quantitative estimate of drug-likeness (QED) is 0.276. The Bertz CT molecular complexity index is 958. The Morgan fingerprint density at radius 3 is 2.41 bits per heavy atom. The molecule has 1 saturated heterocycles. The number of hydrogen-bond acceptors (Lipinski definition) is 9. The van der Waals surface area contributed by atoms with Crippen molar-refractivity contribution < 1.29 is 55.5 Å². The number of aromatic amines is 1. The van der Waals surface area contributed by atoms with Gasteiger partial charge >= 0.3 is 29.2 Å². The molecule has 0 aliphatic carbocycles. The summed E-state index contributed by atoms with van der Waals surface area (Å²) in [6.07, 6.45) is -4.88. The lowest BCUT2D eigenvalue weighted by Gasteiger charge is -2.19. The summed E-state index contributed by atoms with van der Waals surface area (Å²) in [7, 11) is -16.8. The highest BCUT2D eigenvalue weighted by molar-refractivity contribution is 7.71. The number of nitrogens with zero attached hydrogens (tertiary/aromatic N) is 1. The van der Waals surface area contributed by atoms with Crippen molar-refractivity contribution in [3.8, 4) is 0 Å². The number of aromatic nitrogens is 2. The fraction of sp³-hybridized carbons (Fsp3) is 0.500. The van der Waals surface area contributed by atoms with Crippen LogP contribution in [0.1, 0.15) is 12.6 Å². The summed E-state index contributed by atoms with van der Waals surface area (Å²) in [4.78, 5) is 49.2. The molecule has 27 heavy (non-hydrogen) atoms. The maximum absolute atomic E-state index is 14.1. The molecule has 0 bridgehead atoms. The largest absolute Gasteiger partial charge is 0.490 e. The highest BCUT2D eigenvalue weighted by Crippen LogP contribution is 2.66. The third-order valence-electron chi connectivity index (χ3n) is 2.81. The number of ether oxygens (including phenoxy) is 1. The molecule has 154 valence electrons.